The molecule has 1 aromatic heterocycles. The Bertz CT molecular complexity index is 312. The van der Waals surface area contributed by atoms with Crippen LogP contribution in [0.25, 0.3) is 0 Å². The van der Waals surface area contributed by atoms with Gasteiger partial charge in [0.2, 0.25) is 0 Å². The Morgan fingerprint density at radius 1 is 1.57 bits per heavy atom. The molecule has 1 N–H and O–H groups in total. The predicted molar refractivity (Wildman–Crippen MR) is 57.0 cm³/mol. The van der Waals surface area contributed by atoms with Crippen LogP contribution in [-0.2, 0) is 4.79 Å². The molecule has 0 aliphatic carbocycles. The van der Waals surface area contributed by atoms with E-state index in [4.69, 9.17) is 5.11 Å². The standard InChI is InChI=1S/C8H12N2O2S2/c1-5(2)7-9-10-8(14-7)13-4-3-6(11)12/h5H,3-4H2,1-2H3,(H,11,12). The summed E-state index contributed by atoms with van der Waals surface area (Å²) in [6.07, 6.45) is 0.168. The van der Waals surface area contributed by atoms with Crippen LogP contribution in [-0.4, -0.2) is 27.0 Å². The fraction of sp³-hybridized carbons (Fsp3) is 0.625. The lowest BCUT2D eigenvalue weighted by atomic mass is 10.2. The second-order valence-corrected chi connectivity index (χ2v) is 5.40. The number of carbonyl (C=O) groups is 1. The van der Waals surface area contributed by atoms with Crippen LogP contribution in [0.15, 0.2) is 4.34 Å². The second kappa shape index (κ2) is 5.31. The Morgan fingerprint density at radius 2 is 2.29 bits per heavy atom. The molecule has 0 bridgehead atoms. The number of aromatic nitrogens is 2. The second-order valence-electron chi connectivity index (χ2n) is 3.05. The van der Waals surface area contributed by atoms with Crippen molar-refractivity contribution in [3.8, 4) is 0 Å². The van der Waals surface area contributed by atoms with E-state index in [9.17, 15) is 4.79 Å². The van der Waals surface area contributed by atoms with Gasteiger partial charge in [0.25, 0.3) is 0 Å². The highest BCUT2D eigenvalue weighted by Gasteiger charge is 2.08. The summed E-state index contributed by atoms with van der Waals surface area (Å²) >= 11 is 2.99. The molecule has 0 aromatic carbocycles. The Labute approximate surface area is 90.7 Å². The van der Waals surface area contributed by atoms with Gasteiger partial charge in [0.05, 0.1) is 6.42 Å². The van der Waals surface area contributed by atoms with E-state index in [1.807, 2.05) is 0 Å². The van der Waals surface area contributed by atoms with E-state index in [0.717, 1.165) is 9.35 Å². The number of aliphatic carboxylic acids is 1. The van der Waals surface area contributed by atoms with Crippen LogP contribution in [0.5, 0.6) is 0 Å². The smallest absolute Gasteiger partial charge is 0.304 e. The molecule has 1 heterocycles. The number of thioether (sulfide) groups is 1. The number of hydrogen-bond donors (Lipinski definition) is 1. The minimum absolute atomic E-state index is 0.168. The Balaban J connectivity index is 2.40. The first-order valence-electron chi connectivity index (χ1n) is 4.27. The van der Waals surface area contributed by atoms with E-state index in [-0.39, 0.29) is 6.42 Å². The van der Waals surface area contributed by atoms with E-state index >= 15 is 0 Å². The summed E-state index contributed by atoms with van der Waals surface area (Å²) in [4.78, 5) is 10.3. The first kappa shape index (κ1) is 11.5. The van der Waals surface area contributed by atoms with Crippen molar-refractivity contribution in [2.24, 2.45) is 0 Å². The molecule has 78 valence electrons. The molecule has 0 fully saturated rings. The van der Waals surface area contributed by atoms with Crippen molar-refractivity contribution in [2.45, 2.75) is 30.5 Å². The molecule has 0 spiro atoms. The van der Waals surface area contributed by atoms with Gasteiger partial charge in [0, 0.05) is 11.7 Å². The van der Waals surface area contributed by atoms with E-state index in [0.29, 0.717) is 11.7 Å². The predicted octanol–water partition coefficient (Wildman–Crippen LogP) is 2.23. The van der Waals surface area contributed by atoms with Crippen molar-refractivity contribution >= 4 is 29.1 Å². The Hall–Kier alpha value is -0.620. The van der Waals surface area contributed by atoms with E-state index in [2.05, 4.69) is 24.0 Å². The molecule has 4 nitrogen and oxygen atoms in total. The molecule has 0 aliphatic heterocycles. The van der Waals surface area contributed by atoms with Gasteiger partial charge >= 0.3 is 5.97 Å². The van der Waals surface area contributed by atoms with Crippen LogP contribution < -0.4 is 0 Å². The highest BCUT2D eigenvalue weighted by molar-refractivity contribution is 8.01. The van der Waals surface area contributed by atoms with Gasteiger partial charge in [-0.3, -0.25) is 4.79 Å². The first-order valence-corrected chi connectivity index (χ1v) is 6.08. The van der Waals surface area contributed by atoms with Gasteiger partial charge in [-0.15, -0.1) is 10.2 Å². The van der Waals surface area contributed by atoms with Crippen LogP contribution in [0.4, 0.5) is 0 Å². The highest BCUT2D eigenvalue weighted by atomic mass is 32.2. The molecule has 0 amide bonds. The average molecular weight is 232 g/mol. The van der Waals surface area contributed by atoms with E-state index < -0.39 is 5.97 Å². The molecule has 0 saturated heterocycles. The molecular formula is C8H12N2O2S2. The van der Waals surface area contributed by atoms with Crippen molar-refractivity contribution in [2.75, 3.05) is 5.75 Å². The summed E-state index contributed by atoms with van der Waals surface area (Å²) in [7, 11) is 0. The van der Waals surface area contributed by atoms with E-state index in [1.165, 1.54) is 11.8 Å². The molecule has 6 heteroatoms. The van der Waals surface area contributed by atoms with Crippen molar-refractivity contribution in [3.63, 3.8) is 0 Å². The summed E-state index contributed by atoms with van der Waals surface area (Å²) in [5.74, 6) is 0.176. The first-order chi connectivity index (χ1) is 6.59. The third-order valence-corrected chi connectivity index (χ3v) is 3.82. The quantitative estimate of drug-likeness (QED) is 0.789. The van der Waals surface area contributed by atoms with Crippen molar-refractivity contribution in [1.82, 2.24) is 10.2 Å². The zero-order valence-electron chi connectivity index (χ0n) is 8.06. The number of nitrogens with zero attached hydrogens (tertiary/aromatic N) is 2. The maximum atomic E-state index is 10.3. The molecule has 14 heavy (non-hydrogen) atoms. The van der Waals surface area contributed by atoms with Gasteiger partial charge in [0.1, 0.15) is 5.01 Å². The normalized spacial score (nSPS) is 10.8. The van der Waals surface area contributed by atoms with Crippen molar-refractivity contribution in [3.05, 3.63) is 5.01 Å². The minimum atomic E-state index is -0.772. The summed E-state index contributed by atoms with van der Waals surface area (Å²) in [5, 5.41) is 17.4. The van der Waals surface area contributed by atoms with Crippen LogP contribution >= 0.6 is 23.1 Å². The summed E-state index contributed by atoms with van der Waals surface area (Å²) < 4.78 is 0.856. The van der Waals surface area contributed by atoms with Gasteiger partial charge in [-0.1, -0.05) is 36.9 Å². The number of carboxylic acid groups (broad SMARTS) is 1. The number of rotatable bonds is 5. The highest BCUT2D eigenvalue weighted by Crippen LogP contribution is 2.26. The lowest BCUT2D eigenvalue weighted by Crippen LogP contribution is -1.95. The van der Waals surface area contributed by atoms with Crippen molar-refractivity contribution < 1.29 is 9.90 Å². The summed E-state index contributed by atoms with van der Waals surface area (Å²) in [6.45, 7) is 4.12. The zero-order valence-corrected chi connectivity index (χ0v) is 9.69. The fourth-order valence-corrected chi connectivity index (χ4v) is 2.61. The van der Waals surface area contributed by atoms with Crippen LogP contribution in [0.1, 0.15) is 31.2 Å². The van der Waals surface area contributed by atoms with Crippen LogP contribution in [0, 0.1) is 0 Å². The topological polar surface area (TPSA) is 63.1 Å². The SMILES string of the molecule is CC(C)c1nnc(SCCC(=O)O)s1. The lowest BCUT2D eigenvalue weighted by Gasteiger charge is -1.94. The molecule has 0 saturated carbocycles. The largest absolute Gasteiger partial charge is 0.481 e. The number of carboxylic acids is 1. The van der Waals surface area contributed by atoms with Gasteiger partial charge < -0.3 is 5.11 Å². The van der Waals surface area contributed by atoms with Gasteiger partial charge in [-0.25, -0.2) is 0 Å². The molecule has 1 aromatic rings. The average Bonchev–Trinajstić information content (AvgIpc) is 2.52. The monoisotopic (exact) mass is 232 g/mol. The third kappa shape index (κ3) is 3.63. The van der Waals surface area contributed by atoms with E-state index in [1.54, 1.807) is 11.3 Å². The summed E-state index contributed by atoms with van der Waals surface area (Å²) in [5.41, 5.74) is 0. The van der Waals surface area contributed by atoms with Crippen molar-refractivity contribution in [1.29, 1.82) is 0 Å². The molecule has 1 rings (SSSR count). The third-order valence-electron chi connectivity index (χ3n) is 1.46. The van der Waals surface area contributed by atoms with Gasteiger partial charge in [-0.2, -0.15) is 0 Å². The van der Waals surface area contributed by atoms with Gasteiger partial charge in [0.15, 0.2) is 4.34 Å². The maximum Gasteiger partial charge on any atom is 0.304 e. The Kier molecular flexibility index (Phi) is 4.34. The Morgan fingerprint density at radius 3 is 2.79 bits per heavy atom. The summed E-state index contributed by atoms with van der Waals surface area (Å²) in [6, 6.07) is 0. The van der Waals surface area contributed by atoms with Crippen LogP contribution in [0.3, 0.4) is 0 Å². The molecule has 0 aliphatic rings. The van der Waals surface area contributed by atoms with Crippen LogP contribution in [0.2, 0.25) is 0 Å². The van der Waals surface area contributed by atoms with Gasteiger partial charge in [-0.05, 0) is 0 Å². The fourth-order valence-electron chi connectivity index (χ4n) is 0.738. The zero-order chi connectivity index (χ0) is 10.6. The molecule has 0 unspecified atom stereocenters. The maximum absolute atomic E-state index is 10.3. The number of hydrogen-bond acceptors (Lipinski definition) is 5. The minimum Gasteiger partial charge on any atom is -0.481 e. The molecule has 0 atom stereocenters. The lowest BCUT2D eigenvalue weighted by molar-refractivity contribution is -0.136. The molecule has 0 radical (unpaired) electrons. The molecular weight excluding hydrogens is 220 g/mol.